The van der Waals surface area contributed by atoms with Crippen LogP contribution in [0.5, 0.6) is 0 Å². The van der Waals surface area contributed by atoms with E-state index >= 15 is 0 Å². The minimum Gasteiger partial charge on any atom is -0.296 e. The summed E-state index contributed by atoms with van der Waals surface area (Å²) in [4.78, 5) is 4.19. The van der Waals surface area contributed by atoms with Gasteiger partial charge in [0.1, 0.15) is 5.15 Å². The van der Waals surface area contributed by atoms with Crippen LogP contribution < -0.4 is 10.6 Å². The fraction of sp³-hybridized carbons (Fsp3) is 0.267. The number of nitrogens with one attached hydrogen (secondary N) is 2. The van der Waals surface area contributed by atoms with Gasteiger partial charge >= 0.3 is 0 Å². The van der Waals surface area contributed by atoms with Gasteiger partial charge in [0.2, 0.25) is 0 Å². The zero-order valence-corrected chi connectivity index (χ0v) is 12.5. The van der Waals surface area contributed by atoms with E-state index in [0.717, 1.165) is 17.3 Å². The second-order valence-electron chi connectivity index (χ2n) is 5.11. The van der Waals surface area contributed by atoms with Crippen LogP contribution in [0.3, 0.4) is 0 Å². The Balaban J connectivity index is 1.98. The van der Waals surface area contributed by atoms with Crippen molar-refractivity contribution >= 4 is 23.2 Å². The average Bonchev–Trinajstić information content (AvgIpc) is 2.84. The summed E-state index contributed by atoms with van der Waals surface area (Å²) in [5, 5.41) is 8.24. The molecular weight excluding hydrogens is 293 g/mol. The van der Waals surface area contributed by atoms with E-state index in [2.05, 4.69) is 34.7 Å². The van der Waals surface area contributed by atoms with E-state index in [4.69, 9.17) is 23.2 Å². The number of pyridine rings is 1. The van der Waals surface area contributed by atoms with Crippen LogP contribution in [0.4, 0.5) is 0 Å². The third-order valence-electron chi connectivity index (χ3n) is 3.87. The lowest BCUT2D eigenvalue weighted by atomic mass is 9.83. The smallest absolute Gasteiger partial charge is 0.129 e. The molecule has 1 aromatic heterocycles. The molecule has 1 aliphatic heterocycles. The topological polar surface area (TPSA) is 37.0 Å². The molecule has 0 bridgehead atoms. The van der Waals surface area contributed by atoms with Crippen molar-refractivity contribution in [2.75, 3.05) is 6.67 Å². The summed E-state index contributed by atoms with van der Waals surface area (Å²) in [6.45, 7) is 2.91. The summed E-state index contributed by atoms with van der Waals surface area (Å²) in [7, 11) is 0. The summed E-state index contributed by atoms with van der Waals surface area (Å²) >= 11 is 11.8. The van der Waals surface area contributed by atoms with Gasteiger partial charge in [-0.05, 0) is 36.2 Å². The minimum absolute atomic E-state index is 0.155. The summed E-state index contributed by atoms with van der Waals surface area (Å²) < 4.78 is 0. The molecule has 0 unspecified atom stereocenters. The Morgan fingerprint density at radius 1 is 1.15 bits per heavy atom. The Hall–Kier alpha value is -1.13. The zero-order chi connectivity index (χ0) is 14.2. The van der Waals surface area contributed by atoms with Crippen molar-refractivity contribution in [1.82, 2.24) is 15.6 Å². The molecule has 0 aliphatic carbocycles. The molecule has 2 atom stereocenters. The summed E-state index contributed by atoms with van der Waals surface area (Å²) in [6.07, 6.45) is 1.82. The molecule has 1 fully saturated rings. The fourth-order valence-corrected chi connectivity index (χ4v) is 2.94. The largest absolute Gasteiger partial charge is 0.296 e. The first-order valence-corrected chi connectivity index (χ1v) is 7.21. The lowest BCUT2D eigenvalue weighted by molar-refractivity contribution is 0.374. The average molecular weight is 308 g/mol. The van der Waals surface area contributed by atoms with Crippen LogP contribution >= 0.6 is 23.2 Å². The Bertz CT molecular complexity index is 598. The van der Waals surface area contributed by atoms with E-state index in [9.17, 15) is 0 Å². The summed E-state index contributed by atoms with van der Waals surface area (Å²) in [6, 6.07) is 11.9. The highest BCUT2D eigenvalue weighted by Gasteiger charge is 2.40. The number of halogens is 2. The molecule has 1 saturated heterocycles. The second-order valence-corrected chi connectivity index (χ2v) is 5.94. The van der Waals surface area contributed by atoms with Crippen LogP contribution in [-0.2, 0) is 5.54 Å². The van der Waals surface area contributed by atoms with Crippen LogP contribution in [0, 0.1) is 0 Å². The number of nitrogens with zero attached hydrogens (tertiary/aromatic N) is 1. The van der Waals surface area contributed by atoms with Gasteiger partial charge in [0.05, 0.1) is 11.6 Å². The van der Waals surface area contributed by atoms with E-state index in [1.165, 1.54) is 5.56 Å². The van der Waals surface area contributed by atoms with Gasteiger partial charge < -0.3 is 0 Å². The van der Waals surface area contributed by atoms with Gasteiger partial charge in [-0.15, -0.1) is 0 Å². The van der Waals surface area contributed by atoms with Crippen molar-refractivity contribution in [2.45, 2.75) is 18.5 Å². The lowest BCUT2D eigenvalue weighted by Gasteiger charge is -2.31. The van der Waals surface area contributed by atoms with Crippen LogP contribution in [0.15, 0.2) is 42.6 Å². The van der Waals surface area contributed by atoms with Gasteiger partial charge in [0.25, 0.3) is 0 Å². The molecule has 3 nitrogen and oxygen atoms in total. The molecule has 5 heteroatoms. The van der Waals surface area contributed by atoms with E-state index in [0.29, 0.717) is 5.15 Å². The van der Waals surface area contributed by atoms with Crippen molar-refractivity contribution in [3.63, 3.8) is 0 Å². The number of aromatic nitrogens is 1. The summed E-state index contributed by atoms with van der Waals surface area (Å²) in [5.41, 5.74) is 2.06. The predicted octanol–water partition coefficient (Wildman–Crippen LogP) is 3.50. The molecule has 20 heavy (non-hydrogen) atoms. The highest BCUT2D eigenvalue weighted by molar-refractivity contribution is 6.30. The third kappa shape index (κ3) is 2.42. The van der Waals surface area contributed by atoms with Gasteiger partial charge in [0.15, 0.2) is 0 Å². The van der Waals surface area contributed by atoms with Crippen LogP contribution in [0.1, 0.15) is 24.1 Å². The standard InChI is InChI=1S/C15H15Cl2N3/c1-15(11-4-7-13(17)18-8-11)14(19-9-20-15)10-2-5-12(16)6-3-10/h2-8,14,19-20H,9H2,1H3/t14-,15+/m1/s1. The van der Waals surface area contributed by atoms with Gasteiger partial charge in [-0.25, -0.2) is 4.98 Å². The molecule has 3 rings (SSSR count). The number of benzene rings is 1. The Morgan fingerprint density at radius 3 is 2.55 bits per heavy atom. The van der Waals surface area contributed by atoms with E-state index in [-0.39, 0.29) is 11.6 Å². The first kappa shape index (κ1) is 13.8. The zero-order valence-electron chi connectivity index (χ0n) is 11.0. The molecule has 2 N–H and O–H groups in total. The molecule has 1 aliphatic rings. The van der Waals surface area contributed by atoms with Crippen molar-refractivity contribution in [1.29, 1.82) is 0 Å². The molecule has 1 aromatic carbocycles. The van der Waals surface area contributed by atoms with Crippen LogP contribution in [0.2, 0.25) is 10.2 Å². The molecule has 104 valence electrons. The Morgan fingerprint density at radius 2 is 1.90 bits per heavy atom. The number of rotatable bonds is 2. The first-order valence-electron chi connectivity index (χ1n) is 6.45. The van der Waals surface area contributed by atoms with Crippen molar-refractivity contribution < 1.29 is 0 Å². The number of hydrogen-bond acceptors (Lipinski definition) is 3. The van der Waals surface area contributed by atoms with Gasteiger partial charge in [-0.2, -0.15) is 0 Å². The van der Waals surface area contributed by atoms with E-state index < -0.39 is 0 Å². The molecule has 0 radical (unpaired) electrons. The molecule has 0 saturated carbocycles. The lowest BCUT2D eigenvalue weighted by Crippen LogP contribution is -2.38. The van der Waals surface area contributed by atoms with Crippen LogP contribution in [-0.4, -0.2) is 11.7 Å². The molecule has 2 aromatic rings. The Kier molecular flexibility index (Phi) is 3.69. The van der Waals surface area contributed by atoms with Gasteiger partial charge in [-0.1, -0.05) is 41.4 Å². The van der Waals surface area contributed by atoms with E-state index in [1.54, 1.807) is 0 Å². The quantitative estimate of drug-likeness (QED) is 0.834. The molecule has 0 spiro atoms. The molecule has 2 heterocycles. The molecular formula is C15H15Cl2N3. The minimum atomic E-state index is -0.231. The monoisotopic (exact) mass is 307 g/mol. The third-order valence-corrected chi connectivity index (χ3v) is 4.35. The maximum absolute atomic E-state index is 5.96. The first-order chi connectivity index (χ1) is 9.59. The van der Waals surface area contributed by atoms with E-state index in [1.807, 2.05) is 30.5 Å². The number of hydrogen-bond donors (Lipinski definition) is 2. The predicted molar refractivity (Wildman–Crippen MR) is 81.9 cm³/mol. The van der Waals surface area contributed by atoms with Crippen molar-refractivity contribution in [3.8, 4) is 0 Å². The fourth-order valence-electron chi connectivity index (χ4n) is 2.70. The van der Waals surface area contributed by atoms with Gasteiger partial charge in [-0.3, -0.25) is 10.6 Å². The maximum atomic E-state index is 5.96. The van der Waals surface area contributed by atoms with Crippen molar-refractivity contribution in [2.24, 2.45) is 0 Å². The second kappa shape index (κ2) is 5.34. The van der Waals surface area contributed by atoms with Crippen molar-refractivity contribution in [3.05, 3.63) is 63.9 Å². The SMILES string of the molecule is C[C@@]1(c2ccc(Cl)nc2)NCN[C@@H]1c1ccc(Cl)cc1. The maximum Gasteiger partial charge on any atom is 0.129 e. The Labute approximate surface area is 128 Å². The summed E-state index contributed by atoms with van der Waals surface area (Å²) in [5.74, 6) is 0. The highest BCUT2D eigenvalue weighted by Crippen LogP contribution is 2.37. The molecule has 0 amide bonds. The highest BCUT2D eigenvalue weighted by atomic mass is 35.5. The van der Waals surface area contributed by atoms with Crippen LogP contribution in [0.25, 0.3) is 0 Å². The normalized spacial score (nSPS) is 25.9. The van der Waals surface area contributed by atoms with Gasteiger partial charge in [0, 0.05) is 17.9 Å².